The number of amides is 2. The van der Waals surface area contributed by atoms with E-state index in [0.29, 0.717) is 13.1 Å². The van der Waals surface area contributed by atoms with Gasteiger partial charge in [0, 0.05) is 43.8 Å². The Kier molecular flexibility index (Phi) is 6.49. The molecule has 1 aliphatic rings. The van der Waals surface area contributed by atoms with Gasteiger partial charge in [-0.1, -0.05) is 18.2 Å². The van der Waals surface area contributed by atoms with Crippen molar-refractivity contribution in [1.82, 2.24) is 14.8 Å². The molecule has 2 aromatic heterocycles. The average molecular weight is 409 g/mol. The highest BCUT2D eigenvalue weighted by Crippen LogP contribution is 2.22. The molecule has 0 bridgehead atoms. The number of carbonyl (C=O) groups is 1. The zero-order valence-corrected chi connectivity index (χ0v) is 17.0. The lowest BCUT2D eigenvalue weighted by Gasteiger charge is -2.34. The van der Waals surface area contributed by atoms with Crippen LogP contribution in [-0.4, -0.2) is 47.0 Å². The van der Waals surface area contributed by atoms with E-state index in [9.17, 15) is 4.79 Å². The first-order valence-electron chi connectivity index (χ1n) is 9.70. The number of anilines is 1. The van der Waals surface area contributed by atoms with Crippen LogP contribution in [0.2, 0.25) is 0 Å². The predicted molar refractivity (Wildman–Crippen MR) is 115 cm³/mol. The molecule has 0 saturated carbocycles. The average Bonchev–Trinajstić information content (AvgIpc) is 3.27. The monoisotopic (exact) mass is 408 g/mol. The van der Waals surface area contributed by atoms with Gasteiger partial charge in [0.1, 0.15) is 5.76 Å². The summed E-state index contributed by atoms with van der Waals surface area (Å²) >= 11 is 1.68. The van der Waals surface area contributed by atoms with E-state index in [2.05, 4.69) is 21.3 Å². The first-order valence-corrected chi connectivity index (χ1v) is 10.7. The Morgan fingerprint density at radius 2 is 1.97 bits per heavy atom. The van der Waals surface area contributed by atoms with Crippen LogP contribution in [0, 0.1) is 0 Å². The molecule has 0 unspecified atom stereocenters. The van der Waals surface area contributed by atoms with Crippen LogP contribution < -0.4 is 5.32 Å². The number of nitrogens with zero attached hydrogens (tertiary/aromatic N) is 3. The molecule has 2 amide bonds. The van der Waals surface area contributed by atoms with Crippen molar-refractivity contribution in [2.24, 2.45) is 0 Å². The van der Waals surface area contributed by atoms with Gasteiger partial charge in [-0.15, -0.1) is 11.8 Å². The van der Waals surface area contributed by atoms with Crippen molar-refractivity contribution >= 4 is 23.5 Å². The van der Waals surface area contributed by atoms with Crippen molar-refractivity contribution in [2.75, 3.05) is 31.5 Å². The van der Waals surface area contributed by atoms with E-state index in [4.69, 9.17) is 4.42 Å². The van der Waals surface area contributed by atoms with Crippen LogP contribution in [0.3, 0.4) is 0 Å². The Hall–Kier alpha value is -2.77. The first-order chi connectivity index (χ1) is 14.3. The molecular weight excluding hydrogens is 384 g/mol. The van der Waals surface area contributed by atoms with Crippen molar-refractivity contribution in [1.29, 1.82) is 0 Å². The van der Waals surface area contributed by atoms with Gasteiger partial charge in [0.2, 0.25) is 0 Å². The Bertz CT molecular complexity index is 910. The van der Waals surface area contributed by atoms with E-state index in [1.54, 1.807) is 24.2 Å². The standard InChI is InChI=1S/C22H24N4O2S/c27-22(26-12-10-25(11-13-26)16-20-7-4-14-28-20)24-19-6-3-5-18(15-19)17-29-21-8-1-2-9-23-21/h1-9,14-15H,10-13,16-17H2,(H,24,27). The highest BCUT2D eigenvalue weighted by atomic mass is 32.2. The Morgan fingerprint density at radius 3 is 2.72 bits per heavy atom. The molecule has 1 saturated heterocycles. The number of pyridine rings is 1. The number of hydrogen-bond donors (Lipinski definition) is 1. The van der Waals surface area contributed by atoms with Crippen LogP contribution in [0.5, 0.6) is 0 Å². The summed E-state index contributed by atoms with van der Waals surface area (Å²) in [5.41, 5.74) is 1.98. The second-order valence-corrected chi connectivity index (χ2v) is 7.93. The minimum Gasteiger partial charge on any atom is -0.468 e. The smallest absolute Gasteiger partial charge is 0.321 e. The molecule has 3 heterocycles. The molecule has 0 atom stereocenters. The maximum Gasteiger partial charge on any atom is 0.321 e. The van der Waals surface area contributed by atoms with Crippen LogP contribution >= 0.6 is 11.8 Å². The SMILES string of the molecule is O=C(Nc1cccc(CSc2ccccn2)c1)N1CCN(Cc2ccco2)CC1. The van der Waals surface area contributed by atoms with Crippen LogP contribution in [0.25, 0.3) is 0 Å². The van der Waals surface area contributed by atoms with Gasteiger partial charge < -0.3 is 14.6 Å². The van der Waals surface area contributed by atoms with Crippen molar-refractivity contribution in [2.45, 2.75) is 17.3 Å². The third-order valence-electron chi connectivity index (χ3n) is 4.82. The predicted octanol–water partition coefficient (Wildman–Crippen LogP) is 4.32. The highest BCUT2D eigenvalue weighted by molar-refractivity contribution is 7.98. The maximum atomic E-state index is 12.6. The van der Waals surface area contributed by atoms with Crippen LogP contribution in [-0.2, 0) is 12.3 Å². The van der Waals surface area contributed by atoms with E-state index in [-0.39, 0.29) is 6.03 Å². The first kappa shape index (κ1) is 19.5. The molecule has 1 fully saturated rings. The molecular formula is C22H24N4O2S. The number of nitrogens with one attached hydrogen (secondary N) is 1. The van der Waals surface area contributed by atoms with E-state index >= 15 is 0 Å². The van der Waals surface area contributed by atoms with E-state index in [1.807, 2.05) is 53.4 Å². The van der Waals surface area contributed by atoms with Gasteiger partial charge in [0.25, 0.3) is 0 Å². The normalized spacial score (nSPS) is 14.7. The summed E-state index contributed by atoms with van der Waals surface area (Å²) in [6.45, 7) is 3.89. The highest BCUT2D eigenvalue weighted by Gasteiger charge is 2.21. The second kappa shape index (κ2) is 9.62. The fourth-order valence-electron chi connectivity index (χ4n) is 3.26. The zero-order valence-electron chi connectivity index (χ0n) is 16.2. The molecule has 1 N–H and O–H groups in total. The quantitative estimate of drug-likeness (QED) is 0.616. The van der Waals surface area contributed by atoms with Gasteiger partial charge in [-0.3, -0.25) is 4.90 Å². The molecule has 0 spiro atoms. The fraction of sp³-hybridized carbons (Fsp3) is 0.273. The van der Waals surface area contributed by atoms with Crippen LogP contribution in [0.15, 0.2) is 76.5 Å². The van der Waals surface area contributed by atoms with Crippen LogP contribution in [0.4, 0.5) is 10.5 Å². The molecule has 150 valence electrons. The molecule has 0 aliphatic carbocycles. The maximum absolute atomic E-state index is 12.6. The second-order valence-electron chi connectivity index (χ2n) is 6.93. The Labute approximate surface area is 174 Å². The molecule has 1 aliphatic heterocycles. The molecule has 0 radical (unpaired) electrons. The molecule has 6 nitrogen and oxygen atoms in total. The summed E-state index contributed by atoms with van der Waals surface area (Å²) in [5, 5.41) is 4.03. The van der Waals surface area contributed by atoms with Gasteiger partial charge in [0.15, 0.2) is 0 Å². The van der Waals surface area contributed by atoms with E-state index in [0.717, 1.165) is 47.4 Å². The number of thioether (sulfide) groups is 1. The summed E-state index contributed by atoms with van der Waals surface area (Å²) in [4.78, 5) is 21.1. The topological polar surface area (TPSA) is 61.6 Å². The van der Waals surface area contributed by atoms with Crippen molar-refractivity contribution in [3.05, 3.63) is 78.4 Å². The Balaban J connectivity index is 1.26. The zero-order chi connectivity index (χ0) is 19.9. The number of piperazine rings is 1. The number of carbonyl (C=O) groups excluding carboxylic acids is 1. The summed E-state index contributed by atoms with van der Waals surface area (Å²) in [7, 11) is 0. The van der Waals surface area contributed by atoms with E-state index in [1.165, 1.54) is 0 Å². The number of hydrogen-bond acceptors (Lipinski definition) is 5. The summed E-state index contributed by atoms with van der Waals surface area (Å²) in [6.07, 6.45) is 3.50. The summed E-state index contributed by atoms with van der Waals surface area (Å²) < 4.78 is 5.41. The lowest BCUT2D eigenvalue weighted by Crippen LogP contribution is -2.49. The molecule has 3 aromatic rings. The van der Waals surface area contributed by atoms with Gasteiger partial charge in [-0.05, 0) is 42.0 Å². The number of urea groups is 1. The summed E-state index contributed by atoms with van der Waals surface area (Å²) in [6, 6.07) is 17.8. The molecule has 7 heteroatoms. The minimum atomic E-state index is -0.0443. The third kappa shape index (κ3) is 5.62. The minimum absolute atomic E-state index is 0.0443. The Morgan fingerprint density at radius 1 is 1.07 bits per heavy atom. The third-order valence-corrected chi connectivity index (χ3v) is 5.84. The van der Waals surface area contributed by atoms with Gasteiger partial charge in [-0.2, -0.15) is 0 Å². The van der Waals surface area contributed by atoms with Gasteiger partial charge >= 0.3 is 6.03 Å². The summed E-state index contributed by atoms with van der Waals surface area (Å²) in [5.74, 6) is 1.77. The molecule has 1 aromatic carbocycles. The molecule has 29 heavy (non-hydrogen) atoms. The van der Waals surface area contributed by atoms with Crippen molar-refractivity contribution < 1.29 is 9.21 Å². The largest absolute Gasteiger partial charge is 0.468 e. The van der Waals surface area contributed by atoms with Gasteiger partial charge in [0.05, 0.1) is 17.8 Å². The lowest BCUT2D eigenvalue weighted by atomic mass is 10.2. The van der Waals surface area contributed by atoms with Crippen LogP contribution in [0.1, 0.15) is 11.3 Å². The number of furan rings is 1. The van der Waals surface area contributed by atoms with Gasteiger partial charge in [-0.25, -0.2) is 9.78 Å². The number of rotatable bonds is 6. The van der Waals surface area contributed by atoms with Crippen molar-refractivity contribution in [3.63, 3.8) is 0 Å². The molecule has 4 rings (SSSR count). The number of aromatic nitrogens is 1. The van der Waals surface area contributed by atoms with Crippen molar-refractivity contribution in [3.8, 4) is 0 Å². The fourth-order valence-corrected chi connectivity index (χ4v) is 4.07. The lowest BCUT2D eigenvalue weighted by molar-refractivity contribution is 0.137. The number of benzene rings is 1. The van der Waals surface area contributed by atoms with E-state index < -0.39 is 0 Å².